The van der Waals surface area contributed by atoms with Crippen molar-refractivity contribution in [3.8, 4) is 50.9 Å². The van der Waals surface area contributed by atoms with Crippen molar-refractivity contribution >= 4 is 124 Å². The zero-order chi connectivity index (χ0) is 58.9. The normalized spacial score (nSPS) is 13.7. The molecule has 0 unspecified atom stereocenters. The molecular weight excluding hydrogens is 1070 g/mol. The van der Waals surface area contributed by atoms with Gasteiger partial charge >= 0.3 is 0 Å². The summed E-state index contributed by atoms with van der Waals surface area (Å²) in [4.78, 5) is 5.12. The average molecular weight is 1130 g/mol. The van der Waals surface area contributed by atoms with E-state index in [9.17, 15) is 0 Å². The Hall–Kier alpha value is -10.4. The zero-order valence-corrected chi connectivity index (χ0v) is 49.9. The number of para-hydroxylation sites is 6. The van der Waals surface area contributed by atoms with E-state index in [-0.39, 0.29) is 24.3 Å². The second kappa shape index (κ2) is 18.5. The van der Waals surface area contributed by atoms with Crippen LogP contribution in [0.15, 0.2) is 253 Å². The van der Waals surface area contributed by atoms with E-state index in [1.54, 1.807) is 0 Å². The maximum Gasteiger partial charge on any atom is 0.260 e. The van der Waals surface area contributed by atoms with Crippen LogP contribution >= 0.6 is 0 Å². The predicted molar refractivity (Wildman–Crippen MR) is 368 cm³/mol. The molecule has 0 saturated carbocycles. The van der Waals surface area contributed by atoms with Gasteiger partial charge in [-0.3, -0.25) is 0 Å². The van der Waals surface area contributed by atoms with Crippen LogP contribution in [0.5, 0.6) is 23.0 Å². The first-order chi connectivity index (χ1) is 42.9. The third kappa shape index (κ3) is 7.38. The molecule has 0 fully saturated rings. The van der Waals surface area contributed by atoms with E-state index in [1.165, 1.54) is 32.7 Å². The minimum atomic E-state index is -0.259. The van der Waals surface area contributed by atoms with Gasteiger partial charge in [0.15, 0.2) is 5.58 Å². The fourth-order valence-electron chi connectivity index (χ4n) is 15.0. The summed E-state index contributed by atoms with van der Waals surface area (Å²) in [5.74, 6) is 3.32. The number of aromatic nitrogens is 1. The number of rotatable bonds is 5. The van der Waals surface area contributed by atoms with Crippen molar-refractivity contribution in [2.45, 2.75) is 52.4 Å². The molecule has 12 aromatic carbocycles. The van der Waals surface area contributed by atoms with E-state index in [2.05, 4.69) is 305 Å². The third-order valence-electron chi connectivity index (χ3n) is 19.2. The van der Waals surface area contributed by atoms with Crippen LogP contribution < -0.4 is 52.1 Å². The lowest BCUT2D eigenvalue weighted by molar-refractivity contribution is 0.458. The predicted octanol–water partition coefficient (Wildman–Crippen LogP) is 17.4. The molecular formula is C80H59B2N3O3. The highest BCUT2D eigenvalue weighted by atomic mass is 16.5. The summed E-state index contributed by atoms with van der Waals surface area (Å²) in [6.45, 7) is 13.4. The number of anilines is 6. The fraction of sp³-hybridized carbons (Fsp3) is 0.100. The van der Waals surface area contributed by atoms with Gasteiger partial charge in [0.05, 0.1) is 22.4 Å². The molecule has 0 spiro atoms. The number of nitrogens with zero attached hydrogens (tertiary/aromatic N) is 3. The van der Waals surface area contributed by atoms with E-state index in [1.807, 2.05) is 0 Å². The van der Waals surface area contributed by atoms with E-state index >= 15 is 0 Å². The molecule has 4 aliphatic heterocycles. The minimum absolute atomic E-state index is 0.203. The Morgan fingerprint density at radius 1 is 0.341 bits per heavy atom. The fourth-order valence-corrected chi connectivity index (χ4v) is 15.0. The summed E-state index contributed by atoms with van der Waals surface area (Å²) in [5.41, 5.74) is 24.9. The molecule has 4 aliphatic rings. The van der Waals surface area contributed by atoms with Crippen LogP contribution in [0.2, 0.25) is 0 Å². The lowest BCUT2D eigenvalue weighted by Crippen LogP contribution is -2.64. The Labute approximate surface area is 512 Å². The maximum absolute atomic E-state index is 7.59. The quantitative estimate of drug-likeness (QED) is 0.161. The Kier molecular flexibility index (Phi) is 10.7. The highest BCUT2D eigenvalue weighted by molar-refractivity contribution is 7.02. The van der Waals surface area contributed by atoms with Crippen molar-refractivity contribution in [1.82, 2.24) is 4.57 Å². The topological polar surface area (TPSA) is 43.0 Å². The summed E-state index contributed by atoms with van der Waals surface area (Å²) >= 11 is 0. The summed E-state index contributed by atoms with van der Waals surface area (Å²) in [5, 5.41) is 4.63. The van der Waals surface area contributed by atoms with Gasteiger partial charge in [0.25, 0.3) is 13.4 Å². The van der Waals surface area contributed by atoms with Crippen LogP contribution in [0.1, 0.15) is 52.7 Å². The molecule has 6 heterocycles. The van der Waals surface area contributed by atoms with Crippen molar-refractivity contribution in [1.29, 1.82) is 0 Å². The van der Waals surface area contributed by atoms with Gasteiger partial charge in [0, 0.05) is 78.7 Å². The summed E-state index contributed by atoms with van der Waals surface area (Å²) in [6, 6.07) is 91.6. The number of fused-ring (bicyclic) bond motifs is 14. The van der Waals surface area contributed by atoms with Crippen molar-refractivity contribution < 1.29 is 13.9 Å². The van der Waals surface area contributed by atoms with E-state index in [4.69, 9.17) is 13.9 Å². The maximum atomic E-state index is 7.59. The minimum Gasteiger partial charge on any atom is -0.458 e. The van der Waals surface area contributed by atoms with E-state index in [0.29, 0.717) is 0 Å². The summed E-state index contributed by atoms with van der Waals surface area (Å²) in [6.07, 6.45) is 0. The number of hydrogen-bond donors (Lipinski definition) is 0. The van der Waals surface area contributed by atoms with Crippen molar-refractivity contribution in [2.75, 3.05) is 9.80 Å². The van der Waals surface area contributed by atoms with Gasteiger partial charge in [0.2, 0.25) is 0 Å². The van der Waals surface area contributed by atoms with Crippen molar-refractivity contribution in [3.05, 3.63) is 260 Å². The largest absolute Gasteiger partial charge is 0.458 e. The molecule has 0 aliphatic carbocycles. The molecule has 0 amide bonds. The zero-order valence-electron chi connectivity index (χ0n) is 49.9. The van der Waals surface area contributed by atoms with Gasteiger partial charge in [-0.25, -0.2) is 0 Å². The van der Waals surface area contributed by atoms with Crippen LogP contribution in [0.4, 0.5) is 34.1 Å². The summed E-state index contributed by atoms with van der Waals surface area (Å²) < 4.78 is 24.3. The lowest BCUT2D eigenvalue weighted by atomic mass is 9.30. The molecule has 14 aromatic rings. The average Bonchev–Trinajstić information content (AvgIpc) is 0.740. The smallest absolute Gasteiger partial charge is 0.260 e. The number of benzene rings is 12. The lowest BCUT2D eigenvalue weighted by Gasteiger charge is -2.46. The van der Waals surface area contributed by atoms with Crippen LogP contribution in [-0.2, 0) is 10.8 Å². The molecule has 0 radical (unpaired) electrons. The highest BCUT2D eigenvalue weighted by Gasteiger charge is 2.49. The van der Waals surface area contributed by atoms with E-state index in [0.717, 1.165) is 140 Å². The van der Waals surface area contributed by atoms with Crippen LogP contribution in [0, 0.1) is 0 Å². The Bertz CT molecular complexity index is 5170. The number of hydrogen-bond acceptors (Lipinski definition) is 5. The van der Waals surface area contributed by atoms with Gasteiger partial charge < -0.3 is 28.3 Å². The van der Waals surface area contributed by atoms with Gasteiger partial charge in [-0.1, -0.05) is 217 Å². The first-order valence-corrected chi connectivity index (χ1v) is 30.8. The third-order valence-corrected chi connectivity index (χ3v) is 19.2. The summed E-state index contributed by atoms with van der Waals surface area (Å²) in [7, 11) is 0. The van der Waals surface area contributed by atoms with Gasteiger partial charge in [-0.2, -0.15) is 0 Å². The number of furan rings is 1. The molecule has 418 valence electrons. The van der Waals surface area contributed by atoms with Crippen molar-refractivity contribution in [2.24, 2.45) is 0 Å². The monoisotopic (exact) mass is 1130 g/mol. The molecule has 18 rings (SSSR count). The Morgan fingerprint density at radius 2 is 0.875 bits per heavy atom. The van der Waals surface area contributed by atoms with Gasteiger partial charge in [0.1, 0.15) is 28.6 Å². The molecule has 2 aromatic heterocycles. The first kappa shape index (κ1) is 50.9. The SMILES string of the molecule is CC(C)(C)c1cc2c3c(c1)Oc1cc4c(cc1B3c1ccc(-n3c5ccccc5c5ccccc53)cc1O2)B1c2ccccc2N(c2cccc3c2oc2ccccc23)c2cc(C(C)(C)C)cc(c21)N4c1c(-c2ccccc2)cccc1-c1ccccc1. The standard InChI is InChI=1S/C80H59B2N3O3/c1-79(2,3)50-41-68-75-69(42-50)85(77-53(48-23-9-7-10-24-48)30-21-31-54(77)49-25-11-8-12-26-49)67-47-72-62(46-61(67)81(75)59-33-16-19-36-65(59)84(68)66-37-22-32-58-57-29-15-20-38-70(57)88-78(58)66)82-60-40-39-52(83-63-34-17-13-27-55(63)56-28-14-18-35-64(56)83)45-71(60)86-73-43-51(80(4,5)6)44-74(87-72)76(73)82/h7-47H,1-6H3. The number of ether oxygens (including phenoxy) is 2. The second-order valence-electron chi connectivity index (χ2n) is 26.3. The molecule has 0 atom stereocenters. The molecule has 6 nitrogen and oxygen atoms in total. The second-order valence-corrected chi connectivity index (χ2v) is 26.3. The molecule has 0 bridgehead atoms. The van der Waals surface area contributed by atoms with Crippen LogP contribution in [0.25, 0.3) is 71.7 Å². The Morgan fingerprint density at radius 3 is 1.55 bits per heavy atom. The van der Waals surface area contributed by atoms with Gasteiger partial charge in [-0.05, 0) is 121 Å². The molecule has 0 N–H and O–H groups in total. The van der Waals surface area contributed by atoms with E-state index < -0.39 is 0 Å². The first-order valence-electron chi connectivity index (χ1n) is 30.8. The Balaban J connectivity index is 0.949. The molecule has 8 heteroatoms. The van der Waals surface area contributed by atoms with Crippen molar-refractivity contribution in [3.63, 3.8) is 0 Å². The van der Waals surface area contributed by atoms with Crippen LogP contribution in [0.3, 0.4) is 0 Å². The molecule has 88 heavy (non-hydrogen) atoms. The van der Waals surface area contributed by atoms with Gasteiger partial charge in [-0.15, -0.1) is 0 Å². The van der Waals surface area contributed by atoms with Crippen LogP contribution in [-0.4, -0.2) is 18.0 Å². The molecule has 0 saturated heterocycles. The highest BCUT2D eigenvalue weighted by Crippen LogP contribution is 2.53.